The molecule has 5 heteroatoms. The van der Waals surface area contributed by atoms with Crippen molar-refractivity contribution in [1.29, 1.82) is 0 Å². The monoisotopic (exact) mass is 244 g/mol. The van der Waals surface area contributed by atoms with Crippen molar-refractivity contribution in [3.05, 3.63) is 0 Å². The van der Waals surface area contributed by atoms with Crippen molar-refractivity contribution < 1.29 is 14.3 Å². The summed E-state index contributed by atoms with van der Waals surface area (Å²) in [5.41, 5.74) is 0. The number of carbonyl (C=O) groups is 1. The van der Waals surface area contributed by atoms with Gasteiger partial charge < -0.3 is 14.8 Å². The van der Waals surface area contributed by atoms with E-state index in [0.717, 1.165) is 26.2 Å². The van der Waals surface area contributed by atoms with E-state index in [4.69, 9.17) is 9.47 Å². The van der Waals surface area contributed by atoms with Gasteiger partial charge in [0.1, 0.15) is 6.04 Å². The third-order valence-corrected chi connectivity index (χ3v) is 2.96. The molecule has 1 heterocycles. The lowest BCUT2D eigenvalue weighted by Crippen LogP contribution is -2.49. The number of nitrogens with one attached hydrogen (secondary N) is 1. The highest BCUT2D eigenvalue weighted by atomic mass is 16.5. The van der Waals surface area contributed by atoms with Crippen molar-refractivity contribution in [2.45, 2.75) is 32.9 Å². The van der Waals surface area contributed by atoms with E-state index in [1.54, 1.807) is 0 Å². The fourth-order valence-electron chi connectivity index (χ4n) is 1.85. The van der Waals surface area contributed by atoms with Crippen LogP contribution in [0.3, 0.4) is 0 Å². The Balaban J connectivity index is 2.23. The Morgan fingerprint density at radius 3 is 3.00 bits per heavy atom. The van der Waals surface area contributed by atoms with E-state index in [2.05, 4.69) is 17.1 Å². The molecular formula is C12H24N2O3. The molecule has 0 bridgehead atoms. The van der Waals surface area contributed by atoms with Crippen LogP contribution in [0.5, 0.6) is 0 Å². The minimum atomic E-state index is -0.268. The zero-order valence-corrected chi connectivity index (χ0v) is 11.1. The summed E-state index contributed by atoms with van der Waals surface area (Å²) in [5.74, 6) is -0.198. The number of carbonyl (C=O) groups excluding carboxylic acids is 1. The quantitative estimate of drug-likeness (QED) is 0.679. The molecule has 1 aliphatic rings. The standard InChI is InChI=1S/C12H24N2O3/c1-4-14-6-7-17-11(9-14)8-13-10(3)12(15)16-5-2/h10-11,13H,4-9H2,1-3H3. The molecule has 0 radical (unpaired) electrons. The second-order valence-corrected chi connectivity index (χ2v) is 4.27. The summed E-state index contributed by atoms with van der Waals surface area (Å²) in [4.78, 5) is 13.8. The number of likely N-dealkylation sites (N-methyl/N-ethyl adjacent to an activating group) is 1. The summed E-state index contributed by atoms with van der Waals surface area (Å²) in [5, 5.41) is 3.16. The molecule has 5 nitrogen and oxygen atoms in total. The minimum Gasteiger partial charge on any atom is -0.465 e. The Morgan fingerprint density at radius 2 is 2.35 bits per heavy atom. The van der Waals surface area contributed by atoms with E-state index in [1.165, 1.54) is 0 Å². The van der Waals surface area contributed by atoms with Crippen LogP contribution in [0.4, 0.5) is 0 Å². The largest absolute Gasteiger partial charge is 0.465 e. The van der Waals surface area contributed by atoms with Crippen molar-refractivity contribution in [3.8, 4) is 0 Å². The highest BCUT2D eigenvalue weighted by Crippen LogP contribution is 2.04. The van der Waals surface area contributed by atoms with E-state index in [-0.39, 0.29) is 18.1 Å². The molecule has 0 aromatic heterocycles. The molecule has 0 aromatic carbocycles. The zero-order valence-electron chi connectivity index (χ0n) is 11.1. The normalized spacial score (nSPS) is 23.4. The Bertz CT molecular complexity index is 236. The summed E-state index contributed by atoms with van der Waals surface area (Å²) in [6.45, 7) is 10.6. The van der Waals surface area contributed by atoms with Crippen LogP contribution in [0.15, 0.2) is 0 Å². The summed E-state index contributed by atoms with van der Waals surface area (Å²) in [7, 11) is 0. The second kappa shape index (κ2) is 7.63. The molecule has 0 aliphatic carbocycles. The Hall–Kier alpha value is -0.650. The second-order valence-electron chi connectivity index (χ2n) is 4.27. The van der Waals surface area contributed by atoms with Gasteiger partial charge in [-0.25, -0.2) is 0 Å². The molecule has 1 fully saturated rings. The van der Waals surface area contributed by atoms with Crippen molar-refractivity contribution in [2.75, 3.05) is 39.4 Å². The lowest BCUT2D eigenvalue weighted by Gasteiger charge is -2.32. The third-order valence-electron chi connectivity index (χ3n) is 2.96. The van der Waals surface area contributed by atoms with Gasteiger partial charge in [0.15, 0.2) is 0 Å². The van der Waals surface area contributed by atoms with Crippen LogP contribution in [0.2, 0.25) is 0 Å². The topological polar surface area (TPSA) is 50.8 Å². The van der Waals surface area contributed by atoms with Crippen LogP contribution >= 0.6 is 0 Å². The highest BCUT2D eigenvalue weighted by Gasteiger charge is 2.21. The zero-order chi connectivity index (χ0) is 12.7. The number of nitrogens with zero attached hydrogens (tertiary/aromatic N) is 1. The van der Waals surface area contributed by atoms with Crippen LogP contribution in [0.25, 0.3) is 0 Å². The van der Waals surface area contributed by atoms with Crippen LogP contribution in [0.1, 0.15) is 20.8 Å². The van der Waals surface area contributed by atoms with Gasteiger partial charge >= 0.3 is 5.97 Å². The van der Waals surface area contributed by atoms with Gasteiger partial charge in [0.2, 0.25) is 0 Å². The first kappa shape index (κ1) is 14.4. The van der Waals surface area contributed by atoms with Gasteiger partial charge in [-0.15, -0.1) is 0 Å². The molecule has 1 rings (SSSR count). The minimum absolute atomic E-state index is 0.167. The van der Waals surface area contributed by atoms with E-state index in [9.17, 15) is 4.79 Å². The molecule has 0 spiro atoms. The average Bonchev–Trinajstić information content (AvgIpc) is 2.36. The molecule has 2 atom stereocenters. The predicted octanol–water partition coefficient (Wildman–Crippen LogP) is 0.248. The Labute approximate surface area is 103 Å². The molecule has 0 saturated carbocycles. The van der Waals surface area contributed by atoms with Crippen molar-refractivity contribution in [3.63, 3.8) is 0 Å². The first-order valence-corrected chi connectivity index (χ1v) is 6.41. The maximum absolute atomic E-state index is 11.4. The number of rotatable bonds is 6. The van der Waals surface area contributed by atoms with Gasteiger partial charge in [0.05, 0.1) is 19.3 Å². The molecule has 1 N–H and O–H groups in total. The van der Waals surface area contributed by atoms with Crippen molar-refractivity contribution >= 4 is 5.97 Å². The van der Waals surface area contributed by atoms with Crippen LogP contribution in [-0.2, 0) is 14.3 Å². The molecule has 1 aliphatic heterocycles. The fraction of sp³-hybridized carbons (Fsp3) is 0.917. The highest BCUT2D eigenvalue weighted by molar-refractivity contribution is 5.75. The number of esters is 1. The Morgan fingerprint density at radius 1 is 1.59 bits per heavy atom. The van der Waals surface area contributed by atoms with Crippen LogP contribution < -0.4 is 5.32 Å². The van der Waals surface area contributed by atoms with Gasteiger partial charge in [0, 0.05) is 19.6 Å². The number of hydrogen-bond donors (Lipinski definition) is 1. The summed E-state index contributed by atoms with van der Waals surface area (Å²) >= 11 is 0. The first-order chi connectivity index (χ1) is 8.17. The third kappa shape index (κ3) is 5.02. The van der Waals surface area contributed by atoms with Crippen LogP contribution in [-0.4, -0.2) is 62.4 Å². The summed E-state index contributed by atoms with van der Waals surface area (Å²) < 4.78 is 10.6. The lowest BCUT2D eigenvalue weighted by molar-refractivity contribution is -0.145. The van der Waals surface area contributed by atoms with E-state index >= 15 is 0 Å². The average molecular weight is 244 g/mol. The smallest absolute Gasteiger partial charge is 0.322 e. The van der Waals surface area contributed by atoms with E-state index in [0.29, 0.717) is 13.2 Å². The maximum atomic E-state index is 11.4. The molecule has 0 amide bonds. The van der Waals surface area contributed by atoms with Crippen molar-refractivity contribution in [2.24, 2.45) is 0 Å². The predicted molar refractivity (Wildman–Crippen MR) is 66.0 cm³/mol. The fourth-order valence-corrected chi connectivity index (χ4v) is 1.85. The molecule has 17 heavy (non-hydrogen) atoms. The first-order valence-electron chi connectivity index (χ1n) is 6.41. The maximum Gasteiger partial charge on any atom is 0.322 e. The van der Waals surface area contributed by atoms with Gasteiger partial charge in [-0.3, -0.25) is 9.69 Å². The summed E-state index contributed by atoms with van der Waals surface area (Å²) in [6.07, 6.45) is 0.167. The van der Waals surface area contributed by atoms with Crippen molar-refractivity contribution in [1.82, 2.24) is 10.2 Å². The van der Waals surface area contributed by atoms with Gasteiger partial charge in [0.25, 0.3) is 0 Å². The lowest BCUT2D eigenvalue weighted by atomic mass is 10.2. The molecule has 2 unspecified atom stereocenters. The number of hydrogen-bond acceptors (Lipinski definition) is 5. The van der Waals surface area contributed by atoms with Gasteiger partial charge in [-0.1, -0.05) is 6.92 Å². The Kier molecular flexibility index (Phi) is 6.47. The molecule has 100 valence electrons. The van der Waals surface area contributed by atoms with Gasteiger partial charge in [-0.2, -0.15) is 0 Å². The number of morpholine rings is 1. The van der Waals surface area contributed by atoms with Crippen LogP contribution in [0, 0.1) is 0 Å². The summed E-state index contributed by atoms with van der Waals surface area (Å²) in [6, 6.07) is -0.268. The molecular weight excluding hydrogens is 220 g/mol. The van der Waals surface area contributed by atoms with Gasteiger partial charge in [-0.05, 0) is 20.4 Å². The SMILES string of the molecule is CCOC(=O)C(C)NCC1CN(CC)CCO1. The molecule has 1 saturated heterocycles. The van der Waals surface area contributed by atoms with E-state index < -0.39 is 0 Å². The van der Waals surface area contributed by atoms with E-state index in [1.807, 2.05) is 13.8 Å². The molecule has 0 aromatic rings. The number of ether oxygens (including phenoxy) is 2.